The first-order valence-electron chi connectivity index (χ1n) is 12.3. The Morgan fingerprint density at radius 2 is 2.03 bits per heavy atom. The SMILES string of the molecule is CN1C2CCCC1CN(c1ccc(NC(=O)c3ncc(C#N)[nH]3)c(C3=CCC(C)(C)CC3)n1)C2. The predicted octanol–water partition coefficient (Wildman–Crippen LogP) is 4.20. The van der Waals surface area contributed by atoms with Crippen LogP contribution in [-0.2, 0) is 0 Å². The van der Waals surface area contributed by atoms with Crippen LogP contribution >= 0.6 is 0 Å². The molecule has 2 bridgehead atoms. The molecule has 2 N–H and O–H groups in total. The molecule has 0 saturated carbocycles. The molecule has 34 heavy (non-hydrogen) atoms. The molecule has 0 spiro atoms. The van der Waals surface area contributed by atoms with Gasteiger partial charge in [0.1, 0.15) is 17.6 Å². The number of H-pyrrole nitrogens is 1. The molecule has 0 radical (unpaired) electrons. The molecule has 1 amide bonds. The van der Waals surface area contributed by atoms with Gasteiger partial charge in [-0.25, -0.2) is 9.97 Å². The minimum Gasteiger partial charge on any atom is -0.353 e. The first kappa shape index (κ1) is 22.6. The number of carbonyl (C=O) groups is 1. The van der Waals surface area contributed by atoms with Gasteiger partial charge in [-0.05, 0) is 62.3 Å². The Bertz CT molecular complexity index is 1140. The Morgan fingerprint density at radius 3 is 2.68 bits per heavy atom. The van der Waals surface area contributed by atoms with Gasteiger partial charge in [0.15, 0.2) is 5.82 Å². The van der Waals surface area contributed by atoms with Crippen LogP contribution in [0.3, 0.4) is 0 Å². The number of fused-ring (bicyclic) bond motifs is 2. The van der Waals surface area contributed by atoms with Crippen molar-refractivity contribution in [3.05, 3.63) is 41.6 Å². The Balaban J connectivity index is 1.46. The standard InChI is InChI=1S/C26H33N7O/c1-26(2)11-9-17(10-12-26)23-21(30-25(34)24-28-14-18(13-27)29-24)7-8-22(31-23)33-15-19-5-4-6-20(16-33)32(19)3/h7-9,14,19-20H,4-6,10-12,15-16H2,1-3H3,(H,28,29)(H,30,34). The average molecular weight is 460 g/mol. The first-order valence-corrected chi connectivity index (χ1v) is 12.3. The number of allylic oxidation sites excluding steroid dienone is 2. The fourth-order valence-electron chi connectivity index (χ4n) is 5.44. The summed E-state index contributed by atoms with van der Waals surface area (Å²) in [6.45, 7) is 6.56. The number of carbonyl (C=O) groups excluding carboxylic acids is 1. The number of piperidine rings is 1. The molecule has 2 aromatic rings. The summed E-state index contributed by atoms with van der Waals surface area (Å²) in [6, 6.07) is 7.11. The zero-order chi connectivity index (χ0) is 23.9. The molecule has 5 rings (SSSR count). The van der Waals surface area contributed by atoms with Crippen LogP contribution in [0.4, 0.5) is 11.5 Å². The van der Waals surface area contributed by atoms with Gasteiger partial charge in [0, 0.05) is 25.2 Å². The molecule has 2 aromatic heterocycles. The summed E-state index contributed by atoms with van der Waals surface area (Å²) >= 11 is 0. The Kier molecular flexibility index (Phi) is 5.90. The van der Waals surface area contributed by atoms with Crippen LogP contribution in [0.25, 0.3) is 5.57 Å². The molecular formula is C26H33N7O. The molecule has 2 unspecified atom stereocenters. The zero-order valence-electron chi connectivity index (χ0n) is 20.3. The fraction of sp³-hybridized carbons (Fsp3) is 0.538. The van der Waals surface area contributed by atoms with E-state index >= 15 is 0 Å². The third-order valence-corrected chi connectivity index (χ3v) is 7.73. The van der Waals surface area contributed by atoms with Gasteiger partial charge in [-0.15, -0.1) is 0 Å². The maximum atomic E-state index is 12.9. The van der Waals surface area contributed by atoms with Crippen LogP contribution in [0.2, 0.25) is 0 Å². The number of pyridine rings is 1. The molecule has 8 heteroatoms. The third-order valence-electron chi connectivity index (χ3n) is 7.73. The lowest BCUT2D eigenvalue weighted by Crippen LogP contribution is -2.59. The van der Waals surface area contributed by atoms with E-state index in [0.29, 0.717) is 17.8 Å². The van der Waals surface area contributed by atoms with Crippen LogP contribution in [0.1, 0.15) is 74.4 Å². The van der Waals surface area contributed by atoms with Crippen LogP contribution in [-0.4, -0.2) is 58.0 Å². The van der Waals surface area contributed by atoms with E-state index in [2.05, 4.69) is 52.1 Å². The van der Waals surface area contributed by atoms with Crippen LogP contribution in [0, 0.1) is 16.7 Å². The van der Waals surface area contributed by atoms with Crippen molar-refractivity contribution >= 4 is 23.0 Å². The lowest BCUT2D eigenvalue weighted by Gasteiger charge is -2.49. The predicted molar refractivity (Wildman–Crippen MR) is 133 cm³/mol. The summed E-state index contributed by atoms with van der Waals surface area (Å²) in [4.78, 5) is 29.7. The van der Waals surface area contributed by atoms with Crippen molar-refractivity contribution in [1.82, 2.24) is 19.9 Å². The number of aromatic nitrogens is 3. The normalized spacial score (nSPS) is 24.3. The van der Waals surface area contributed by atoms with Gasteiger partial charge in [-0.1, -0.05) is 26.3 Å². The van der Waals surface area contributed by atoms with E-state index in [1.54, 1.807) is 0 Å². The summed E-state index contributed by atoms with van der Waals surface area (Å²) in [5.74, 6) is 0.730. The summed E-state index contributed by atoms with van der Waals surface area (Å²) < 4.78 is 0. The topological polar surface area (TPSA) is 101 Å². The second-order valence-electron chi connectivity index (χ2n) is 10.7. The van der Waals surface area contributed by atoms with Crippen molar-refractivity contribution in [3.63, 3.8) is 0 Å². The number of rotatable bonds is 4. The number of nitriles is 1. The second-order valence-corrected chi connectivity index (χ2v) is 10.7. The largest absolute Gasteiger partial charge is 0.353 e. The van der Waals surface area contributed by atoms with Gasteiger partial charge in [-0.3, -0.25) is 9.69 Å². The number of anilines is 2. The van der Waals surface area contributed by atoms with E-state index in [1.807, 2.05) is 18.2 Å². The molecule has 2 aliphatic heterocycles. The minimum atomic E-state index is -0.372. The van der Waals surface area contributed by atoms with Gasteiger partial charge in [-0.2, -0.15) is 5.26 Å². The van der Waals surface area contributed by atoms with E-state index < -0.39 is 0 Å². The van der Waals surface area contributed by atoms with E-state index in [4.69, 9.17) is 10.2 Å². The number of nitrogens with one attached hydrogen (secondary N) is 2. The monoisotopic (exact) mass is 459 g/mol. The highest BCUT2D eigenvalue weighted by atomic mass is 16.2. The number of nitrogens with zero attached hydrogens (tertiary/aromatic N) is 5. The summed E-state index contributed by atoms with van der Waals surface area (Å²) in [5.41, 5.74) is 3.25. The summed E-state index contributed by atoms with van der Waals surface area (Å²) in [5, 5.41) is 12.0. The van der Waals surface area contributed by atoms with E-state index in [9.17, 15) is 4.79 Å². The summed E-state index contributed by atoms with van der Waals surface area (Å²) in [6.07, 6.45) is 10.4. The summed E-state index contributed by atoms with van der Waals surface area (Å²) in [7, 11) is 2.25. The van der Waals surface area contributed by atoms with Crippen molar-refractivity contribution in [1.29, 1.82) is 5.26 Å². The van der Waals surface area contributed by atoms with Gasteiger partial charge < -0.3 is 15.2 Å². The molecule has 178 valence electrons. The van der Waals surface area contributed by atoms with Crippen molar-refractivity contribution in [2.24, 2.45) is 5.41 Å². The van der Waals surface area contributed by atoms with E-state index in [1.165, 1.54) is 31.0 Å². The number of aromatic amines is 1. The first-order chi connectivity index (χ1) is 16.3. The Morgan fingerprint density at radius 1 is 1.26 bits per heavy atom. The van der Waals surface area contributed by atoms with Gasteiger partial charge >= 0.3 is 0 Å². The molecule has 2 fully saturated rings. The highest BCUT2D eigenvalue weighted by Gasteiger charge is 2.35. The van der Waals surface area contributed by atoms with Crippen molar-refractivity contribution < 1.29 is 4.79 Å². The lowest BCUT2D eigenvalue weighted by atomic mass is 9.77. The molecule has 2 saturated heterocycles. The maximum absolute atomic E-state index is 12.9. The number of piperazine rings is 1. The van der Waals surface area contributed by atoms with Crippen LogP contribution in [0.5, 0.6) is 0 Å². The van der Waals surface area contributed by atoms with Gasteiger partial charge in [0.25, 0.3) is 5.91 Å². The average Bonchev–Trinajstić information content (AvgIpc) is 3.29. The molecular weight excluding hydrogens is 426 g/mol. The quantitative estimate of drug-likeness (QED) is 0.711. The number of hydrogen-bond acceptors (Lipinski definition) is 6. The van der Waals surface area contributed by atoms with Crippen molar-refractivity contribution in [2.75, 3.05) is 30.4 Å². The Hall–Kier alpha value is -3.18. The molecule has 8 nitrogen and oxygen atoms in total. The number of imidazole rings is 1. The molecule has 3 aliphatic rings. The highest BCUT2D eigenvalue weighted by molar-refractivity contribution is 6.03. The lowest BCUT2D eigenvalue weighted by molar-refractivity contribution is 0.0947. The van der Waals surface area contributed by atoms with E-state index in [-0.39, 0.29) is 22.8 Å². The zero-order valence-corrected chi connectivity index (χ0v) is 20.3. The molecule has 2 atom stereocenters. The molecule has 0 aromatic carbocycles. The Labute approximate surface area is 201 Å². The number of amides is 1. The van der Waals surface area contributed by atoms with Gasteiger partial charge in [0.05, 0.1) is 17.6 Å². The smallest absolute Gasteiger partial charge is 0.291 e. The van der Waals surface area contributed by atoms with Crippen LogP contribution in [0.15, 0.2) is 24.4 Å². The number of hydrogen-bond donors (Lipinski definition) is 2. The van der Waals surface area contributed by atoms with Crippen LogP contribution < -0.4 is 10.2 Å². The molecule has 4 heterocycles. The van der Waals surface area contributed by atoms with E-state index in [0.717, 1.165) is 43.9 Å². The molecule has 1 aliphatic carbocycles. The van der Waals surface area contributed by atoms with Crippen molar-refractivity contribution in [2.45, 2.75) is 64.5 Å². The van der Waals surface area contributed by atoms with Crippen molar-refractivity contribution in [3.8, 4) is 6.07 Å². The second kappa shape index (κ2) is 8.88. The maximum Gasteiger partial charge on any atom is 0.291 e. The van der Waals surface area contributed by atoms with Gasteiger partial charge in [0.2, 0.25) is 0 Å². The fourth-order valence-corrected chi connectivity index (χ4v) is 5.44. The third kappa shape index (κ3) is 4.45. The number of likely N-dealkylation sites (N-methyl/N-ethyl adjacent to an activating group) is 1. The highest BCUT2D eigenvalue weighted by Crippen LogP contribution is 2.40. The minimum absolute atomic E-state index is 0.122.